The molecule has 0 fully saturated rings. The molecule has 158 valence electrons. The molecule has 1 aliphatic rings. The maximum atomic E-state index is 12.9. The third-order valence-electron chi connectivity index (χ3n) is 4.30. The first-order valence-electron chi connectivity index (χ1n) is 8.94. The van der Waals surface area contributed by atoms with Crippen LogP contribution in [0.4, 0.5) is 5.69 Å². The average molecular weight is 432 g/mol. The monoisotopic (exact) mass is 432 g/mol. The Morgan fingerprint density at radius 2 is 2.23 bits per heavy atom. The standard InChI is InChI=1S/C19H20N4O6S/c1-3-29-19(25)17-16(13-5-4-6-14(9-13)23(26)27)15(10-20)12(2)22-18(17)30(28)8-7-21-11-24/h4-6,9,11,16,22H,3,7-8H2,1-2H3,(H,21,24). The van der Waals surface area contributed by atoms with Crippen LogP contribution in [0.1, 0.15) is 25.3 Å². The predicted molar refractivity (Wildman–Crippen MR) is 108 cm³/mol. The van der Waals surface area contributed by atoms with E-state index in [-0.39, 0.29) is 40.8 Å². The number of nitrogens with zero attached hydrogens (tertiary/aromatic N) is 2. The summed E-state index contributed by atoms with van der Waals surface area (Å²) in [5, 5.41) is 26.2. The molecule has 0 radical (unpaired) electrons. The van der Waals surface area contributed by atoms with Crippen LogP contribution in [-0.2, 0) is 25.1 Å². The van der Waals surface area contributed by atoms with Crippen molar-refractivity contribution in [1.29, 1.82) is 5.26 Å². The molecule has 0 saturated heterocycles. The van der Waals surface area contributed by atoms with E-state index in [1.165, 1.54) is 18.2 Å². The molecule has 30 heavy (non-hydrogen) atoms. The number of benzene rings is 1. The molecule has 2 unspecified atom stereocenters. The first-order valence-corrected chi connectivity index (χ1v) is 10.3. The topological polar surface area (TPSA) is 151 Å². The number of nitriles is 1. The Morgan fingerprint density at radius 3 is 2.83 bits per heavy atom. The van der Waals surface area contributed by atoms with Crippen molar-refractivity contribution in [2.75, 3.05) is 18.9 Å². The third-order valence-corrected chi connectivity index (χ3v) is 5.65. The Bertz CT molecular complexity index is 995. The van der Waals surface area contributed by atoms with Crippen molar-refractivity contribution in [3.63, 3.8) is 0 Å². The van der Waals surface area contributed by atoms with Gasteiger partial charge < -0.3 is 15.4 Å². The molecule has 2 N–H and O–H groups in total. The van der Waals surface area contributed by atoms with E-state index in [0.29, 0.717) is 17.7 Å². The number of carbonyl (C=O) groups is 2. The molecule has 1 aromatic rings. The molecule has 1 aromatic carbocycles. The first-order chi connectivity index (χ1) is 14.3. The van der Waals surface area contributed by atoms with Crippen molar-refractivity contribution in [3.8, 4) is 6.07 Å². The fraction of sp³-hybridized carbons (Fsp3) is 0.316. The van der Waals surface area contributed by atoms with Crippen LogP contribution in [0.15, 0.2) is 46.1 Å². The molecule has 1 aliphatic heterocycles. The number of non-ortho nitro benzene ring substituents is 1. The Morgan fingerprint density at radius 1 is 1.50 bits per heavy atom. The second-order valence-electron chi connectivity index (χ2n) is 6.15. The Labute approximate surface area is 175 Å². The molecule has 0 spiro atoms. The molecule has 0 saturated carbocycles. The fourth-order valence-corrected chi connectivity index (χ4v) is 4.23. The third kappa shape index (κ3) is 4.90. The molecule has 0 aliphatic carbocycles. The quantitative estimate of drug-likeness (QED) is 0.195. The number of nitro groups is 1. The van der Waals surface area contributed by atoms with Crippen LogP contribution < -0.4 is 10.6 Å². The number of nitro benzene ring substituents is 1. The summed E-state index contributed by atoms with van der Waals surface area (Å²) in [5.41, 5.74) is 0.593. The molecule has 2 atom stereocenters. The zero-order valence-corrected chi connectivity index (χ0v) is 17.2. The number of carbonyl (C=O) groups excluding carboxylic acids is 2. The van der Waals surface area contributed by atoms with Gasteiger partial charge >= 0.3 is 5.97 Å². The highest BCUT2D eigenvalue weighted by Crippen LogP contribution is 2.40. The van der Waals surface area contributed by atoms with Gasteiger partial charge in [-0.05, 0) is 19.4 Å². The summed E-state index contributed by atoms with van der Waals surface area (Å²) in [5.74, 6) is -1.76. The zero-order valence-electron chi connectivity index (χ0n) is 16.3. The first kappa shape index (κ1) is 22.8. The second kappa shape index (κ2) is 10.3. The van der Waals surface area contributed by atoms with Crippen LogP contribution in [0.5, 0.6) is 0 Å². The van der Waals surface area contributed by atoms with Gasteiger partial charge in [0.25, 0.3) is 5.69 Å². The highest BCUT2D eigenvalue weighted by molar-refractivity contribution is 7.89. The number of hydrogen-bond donors (Lipinski definition) is 2. The molecule has 10 nitrogen and oxygen atoms in total. The van der Waals surface area contributed by atoms with Crippen LogP contribution in [-0.4, -0.2) is 40.4 Å². The number of hydrogen-bond acceptors (Lipinski definition) is 8. The highest BCUT2D eigenvalue weighted by Gasteiger charge is 2.37. The van der Waals surface area contributed by atoms with Crippen molar-refractivity contribution >= 4 is 28.9 Å². The maximum Gasteiger partial charge on any atom is 0.337 e. The van der Waals surface area contributed by atoms with Gasteiger partial charge in [0.2, 0.25) is 6.41 Å². The molecular formula is C19H20N4O6S. The minimum atomic E-state index is -1.74. The van der Waals surface area contributed by atoms with Crippen LogP contribution in [0.3, 0.4) is 0 Å². The van der Waals surface area contributed by atoms with Crippen LogP contribution in [0.25, 0.3) is 0 Å². The Kier molecular flexibility index (Phi) is 7.83. The zero-order chi connectivity index (χ0) is 22.3. The van der Waals surface area contributed by atoms with Gasteiger partial charge in [0.05, 0.1) is 45.5 Å². The van der Waals surface area contributed by atoms with Gasteiger partial charge in [-0.3, -0.25) is 19.1 Å². The molecule has 0 bridgehead atoms. The van der Waals surface area contributed by atoms with Crippen molar-refractivity contribution in [2.45, 2.75) is 19.8 Å². The van der Waals surface area contributed by atoms with E-state index in [2.05, 4.69) is 10.6 Å². The lowest BCUT2D eigenvalue weighted by Crippen LogP contribution is -2.33. The van der Waals surface area contributed by atoms with Crippen molar-refractivity contribution < 1.29 is 23.5 Å². The van der Waals surface area contributed by atoms with Gasteiger partial charge in [0, 0.05) is 30.1 Å². The van der Waals surface area contributed by atoms with Crippen molar-refractivity contribution in [1.82, 2.24) is 10.6 Å². The average Bonchev–Trinajstić information content (AvgIpc) is 2.73. The van der Waals surface area contributed by atoms with E-state index >= 15 is 0 Å². The van der Waals surface area contributed by atoms with Gasteiger partial charge in [-0.1, -0.05) is 12.1 Å². The minimum absolute atomic E-state index is 0.0147. The summed E-state index contributed by atoms with van der Waals surface area (Å²) in [6, 6.07) is 7.61. The number of dihydropyridines is 1. The van der Waals surface area contributed by atoms with Gasteiger partial charge in [0.15, 0.2) is 0 Å². The largest absolute Gasteiger partial charge is 0.463 e. The summed E-state index contributed by atoms with van der Waals surface area (Å²) in [6.45, 7) is 3.34. The van der Waals surface area contributed by atoms with Crippen molar-refractivity contribution in [3.05, 3.63) is 61.8 Å². The normalized spacial score (nSPS) is 16.9. The van der Waals surface area contributed by atoms with Gasteiger partial charge in [0.1, 0.15) is 5.03 Å². The maximum absolute atomic E-state index is 12.9. The second-order valence-corrected chi connectivity index (χ2v) is 7.65. The predicted octanol–water partition coefficient (Wildman–Crippen LogP) is 1.35. The highest BCUT2D eigenvalue weighted by atomic mass is 32.2. The van der Waals surface area contributed by atoms with E-state index in [0.717, 1.165) is 0 Å². The lowest BCUT2D eigenvalue weighted by atomic mass is 9.82. The van der Waals surface area contributed by atoms with E-state index in [1.54, 1.807) is 19.9 Å². The molecule has 1 heterocycles. The number of ether oxygens (including phenoxy) is 1. The number of esters is 1. The number of amides is 1. The van der Waals surface area contributed by atoms with Crippen LogP contribution in [0.2, 0.25) is 0 Å². The van der Waals surface area contributed by atoms with E-state index < -0.39 is 27.6 Å². The van der Waals surface area contributed by atoms with E-state index in [4.69, 9.17) is 4.74 Å². The van der Waals surface area contributed by atoms with Gasteiger partial charge in [-0.25, -0.2) is 4.79 Å². The SMILES string of the molecule is CCOC(=O)C1=C(S(=O)CCNC=O)NC(C)=C(C#N)C1c1cccc([N+](=O)[O-])c1. The molecule has 2 rings (SSSR count). The Hall–Kier alpha value is -3.52. The van der Waals surface area contributed by atoms with E-state index in [1.807, 2.05) is 6.07 Å². The number of allylic oxidation sites excluding steroid dienone is 2. The summed E-state index contributed by atoms with van der Waals surface area (Å²) in [7, 11) is -1.74. The molecule has 1 amide bonds. The van der Waals surface area contributed by atoms with E-state index in [9.17, 15) is 29.2 Å². The van der Waals surface area contributed by atoms with Crippen molar-refractivity contribution in [2.24, 2.45) is 0 Å². The summed E-state index contributed by atoms with van der Waals surface area (Å²) < 4.78 is 18.0. The molecule has 11 heteroatoms. The van der Waals surface area contributed by atoms with Gasteiger partial charge in [-0.2, -0.15) is 5.26 Å². The minimum Gasteiger partial charge on any atom is -0.463 e. The number of rotatable bonds is 9. The van der Waals surface area contributed by atoms with Gasteiger partial charge in [-0.15, -0.1) is 0 Å². The lowest BCUT2D eigenvalue weighted by molar-refractivity contribution is -0.384. The van der Waals surface area contributed by atoms with Crippen LogP contribution >= 0.6 is 0 Å². The molecular weight excluding hydrogens is 412 g/mol. The number of nitrogens with one attached hydrogen (secondary N) is 2. The lowest BCUT2D eigenvalue weighted by Gasteiger charge is -2.29. The van der Waals surface area contributed by atoms with Crippen LogP contribution in [0, 0.1) is 21.4 Å². The smallest absolute Gasteiger partial charge is 0.337 e. The summed E-state index contributed by atoms with van der Waals surface area (Å²) in [4.78, 5) is 33.9. The fourth-order valence-electron chi connectivity index (χ4n) is 3.01. The summed E-state index contributed by atoms with van der Waals surface area (Å²) in [6.07, 6.45) is 0.469. The Balaban J connectivity index is 2.68. The molecule has 0 aromatic heterocycles. The summed E-state index contributed by atoms with van der Waals surface area (Å²) >= 11 is 0.